The van der Waals surface area contributed by atoms with E-state index in [0.29, 0.717) is 41.2 Å². The molecule has 7 nitrogen and oxygen atoms in total. The van der Waals surface area contributed by atoms with Gasteiger partial charge in [-0.2, -0.15) is 0 Å². The summed E-state index contributed by atoms with van der Waals surface area (Å²) in [7, 11) is 3.08. The van der Waals surface area contributed by atoms with Crippen molar-refractivity contribution in [1.82, 2.24) is 14.8 Å². The van der Waals surface area contributed by atoms with Gasteiger partial charge in [0.25, 0.3) is 11.5 Å². The number of carbonyl (C=O) groups is 1. The zero-order valence-electron chi connectivity index (χ0n) is 16.4. The van der Waals surface area contributed by atoms with E-state index < -0.39 is 0 Å². The number of aromatic nitrogens is 1. The fourth-order valence-electron chi connectivity index (χ4n) is 4.29. The third kappa shape index (κ3) is 3.72. The van der Waals surface area contributed by atoms with Crippen molar-refractivity contribution in [2.45, 2.75) is 18.9 Å². The number of nitrogens with zero attached hydrogens (tertiary/aromatic N) is 2. The van der Waals surface area contributed by atoms with Gasteiger partial charge in [0.2, 0.25) is 0 Å². The Kier molecular flexibility index (Phi) is 5.27. The molecule has 2 aliphatic rings. The minimum absolute atomic E-state index is 0.0509. The number of nitrogens with one attached hydrogen (secondary N) is 1. The maximum Gasteiger partial charge on any atom is 0.257 e. The number of pyridine rings is 1. The summed E-state index contributed by atoms with van der Waals surface area (Å²) in [6.45, 7) is 2.10. The first-order chi connectivity index (χ1) is 14.0. The van der Waals surface area contributed by atoms with Crippen LogP contribution in [0.3, 0.4) is 0 Å². The highest BCUT2D eigenvalue weighted by Gasteiger charge is 2.35. The van der Waals surface area contributed by atoms with Gasteiger partial charge in [0.05, 0.1) is 14.2 Å². The molecule has 2 atom stereocenters. The quantitative estimate of drug-likeness (QED) is 0.776. The number of thiocarbonyl (C=S) groups is 1. The highest BCUT2D eigenvalue weighted by Crippen LogP contribution is 2.35. The van der Waals surface area contributed by atoms with Crippen LogP contribution in [0.5, 0.6) is 11.5 Å². The smallest absolute Gasteiger partial charge is 0.257 e. The second-order valence-electron chi connectivity index (χ2n) is 7.43. The lowest BCUT2D eigenvalue weighted by Gasteiger charge is -2.43. The van der Waals surface area contributed by atoms with Crippen molar-refractivity contribution in [3.8, 4) is 11.5 Å². The van der Waals surface area contributed by atoms with Crippen LogP contribution in [-0.2, 0) is 6.54 Å². The molecular weight excluding hydrogens is 390 g/mol. The van der Waals surface area contributed by atoms with Crippen LogP contribution >= 0.6 is 12.2 Å². The Bertz CT molecular complexity index is 1020. The van der Waals surface area contributed by atoms with E-state index in [1.54, 1.807) is 31.4 Å². The number of piperidine rings is 1. The van der Waals surface area contributed by atoms with Gasteiger partial charge in [0.1, 0.15) is 0 Å². The standard InChI is InChI=1S/C21H23N3O4S/c1-27-17-7-6-14(9-18(17)28-2)20(26)22-21(29)23-10-13-8-15(12-23)16-4-3-5-19(25)24(16)11-13/h3-7,9,13,15H,8,10-12H2,1-2H3,(H,22,26,29)/t13-,15-/m1/s1. The predicted molar refractivity (Wildman–Crippen MR) is 113 cm³/mol. The summed E-state index contributed by atoms with van der Waals surface area (Å²) >= 11 is 5.53. The average molecular weight is 413 g/mol. The summed E-state index contributed by atoms with van der Waals surface area (Å²) in [6.07, 6.45) is 1.03. The monoisotopic (exact) mass is 413 g/mol. The topological polar surface area (TPSA) is 72.8 Å². The molecule has 1 aromatic heterocycles. The van der Waals surface area contributed by atoms with Crippen molar-refractivity contribution in [2.24, 2.45) is 5.92 Å². The molecule has 0 spiro atoms. The third-order valence-corrected chi connectivity index (χ3v) is 5.99. The molecule has 2 bridgehead atoms. The molecule has 0 radical (unpaired) electrons. The van der Waals surface area contributed by atoms with E-state index in [9.17, 15) is 9.59 Å². The summed E-state index contributed by atoms with van der Waals surface area (Å²) in [5.74, 6) is 1.32. The normalized spacial score (nSPS) is 19.9. The molecule has 1 amide bonds. The Morgan fingerprint density at radius 2 is 1.90 bits per heavy atom. The van der Waals surface area contributed by atoms with Crippen LogP contribution < -0.4 is 20.3 Å². The molecule has 3 heterocycles. The number of rotatable bonds is 3. The van der Waals surface area contributed by atoms with Gasteiger partial charge >= 0.3 is 0 Å². The highest BCUT2D eigenvalue weighted by atomic mass is 32.1. The summed E-state index contributed by atoms with van der Waals surface area (Å²) in [5.41, 5.74) is 1.54. The molecular formula is C21H23N3O4S. The molecule has 1 N–H and O–H groups in total. The number of fused-ring (bicyclic) bond motifs is 4. The number of methoxy groups -OCH3 is 2. The number of amides is 1. The molecule has 2 aromatic rings. The zero-order chi connectivity index (χ0) is 20.5. The summed E-state index contributed by atoms with van der Waals surface area (Å²) in [6, 6.07) is 10.4. The minimum Gasteiger partial charge on any atom is -0.493 e. The number of carbonyl (C=O) groups excluding carboxylic acids is 1. The van der Waals surface area contributed by atoms with Crippen LogP contribution in [0.4, 0.5) is 0 Å². The van der Waals surface area contributed by atoms with Crippen LogP contribution in [0.15, 0.2) is 41.2 Å². The van der Waals surface area contributed by atoms with E-state index in [0.717, 1.165) is 18.7 Å². The van der Waals surface area contributed by atoms with E-state index in [1.807, 2.05) is 21.6 Å². The Morgan fingerprint density at radius 1 is 1.10 bits per heavy atom. The average Bonchev–Trinajstić information content (AvgIpc) is 2.73. The molecule has 1 fully saturated rings. The lowest BCUT2D eigenvalue weighted by molar-refractivity contribution is 0.0967. The zero-order valence-corrected chi connectivity index (χ0v) is 17.2. The summed E-state index contributed by atoms with van der Waals surface area (Å²) in [4.78, 5) is 26.9. The van der Waals surface area contributed by atoms with E-state index in [1.165, 1.54) is 7.11 Å². The maximum atomic E-state index is 12.7. The third-order valence-electron chi connectivity index (χ3n) is 5.63. The van der Waals surface area contributed by atoms with Crippen LogP contribution in [0.2, 0.25) is 0 Å². The van der Waals surface area contributed by atoms with Gasteiger partial charge in [-0.3, -0.25) is 14.9 Å². The molecule has 1 saturated heterocycles. The molecule has 2 aliphatic heterocycles. The second kappa shape index (κ2) is 7.87. The Balaban J connectivity index is 1.47. The lowest BCUT2D eigenvalue weighted by Crippen LogP contribution is -2.52. The van der Waals surface area contributed by atoms with E-state index in [-0.39, 0.29) is 17.4 Å². The Morgan fingerprint density at radius 3 is 2.66 bits per heavy atom. The van der Waals surface area contributed by atoms with Crippen LogP contribution in [0.25, 0.3) is 0 Å². The Hall–Kier alpha value is -2.87. The van der Waals surface area contributed by atoms with Crippen LogP contribution in [-0.4, -0.2) is 47.8 Å². The molecule has 1 aromatic carbocycles. The van der Waals surface area contributed by atoms with Gasteiger partial charge in [-0.25, -0.2) is 0 Å². The van der Waals surface area contributed by atoms with E-state index in [2.05, 4.69) is 5.32 Å². The molecule has 8 heteroatoms. The van der Waals surface area contributed by atoms with Crippen molar-refractivity contribution >= 4 is 23.2 Å². The molecule has 0 unspecified atom stereocenters. The number of hydrogen-bond acceptors (Lipinski definition) is 5. The van der Waals surface area contributed by atoms with Gasteiger partial charge in [0, 0.05) is 42.9 Å². The first-order valence-corrected chi connectivity index (χ1v) is 9.93. The summed E-state index contributed by atoms with van der Waals surface area (Å²) in [5, 5.41) is 3.24. The van der Waals surface area contributed by atoms with Crippen LogP contribution in [0.1, 0.15) is 28.4 Å². The minimum atomic E-state index is -0.289. The maximum absolute atomic E-state index is 12.7. The fourth-order valence-corrected chi connectivity index (χ4v) is 4.53. The molecule has 4 rings (SSSR count). The molecule has 0 saturated carbocycles. The Labute approximate surface area is 174 Å². The van der Waals surface area contributed by atoms with Crippen molar-refractivity contribution in [1.29, 1.82) is 0 Å². The second-order valence-corrected chi connectivity index (χ2v) is 7.82. The van der Waals surface area contributed by atoms with E-state index in [4.69, 9.17) is 21.7 Å². The SMILES string of the molecule is COc1ccc(C(=O)NC(=S)N2C[C@H]3C[C@H](C2)c2cccc(=O)n2C3)cc1OC. The number of benzene rings is 1. The van der Waals surface area contributed by atoms with E-state index >= 15 is 0 Å². The van der Waals surface area contributed by atoms with Crippen LogP contribution in [0, 0.1) is 5.92 Å². The first kappa shape index (κ1) is 19.4. The fraction of sp³-hybridized carbons (Fsp3) is 0.381. The predicted octanol–water partition coefficient (Wildman–Crippen LogP) is 2.00. The van der Waals surface area contributed by atoms with Gasteiger partial charge in [-0.15, -0.1) is 0 Å². The molecule has 152 valence electrons. The van der Waals surface area contributed by atoms with Crippen molar-refractivity contribution < 1.29 is 14.3 Å². The molecule has 29 heavy (non-hydrogen) atoms. The number of likely N-dealkylation sites (tertiary alicyclic amines) is 1. The van der Waals surface area contributed by atoms with Gasteiger partial charge in [-0.1, -0.05) is 6.07 Å². The van der Waals surface area contributed by atoms with Crippen molar-refractivity contribution in [3.05, 3.63) is 58.0 Å². The van der Waals surface area contributed by atoms with Gasteiger partial charge in [-0.05, 0) is 48.8 Å². The lowest BCUT2D eigenvalue weighted by atomic mass is 9.83. The number of ether oxygens (including phenoxy) is 2. The highest BCUT2D eigenvalue weighted by molar-refractivity contribution is 7.80. The number of hydrogen-bond donors (Lipinski definition) is 1. The summed E-state index contributed by atoms with van der Waals surface area (Å²) < 4.78 is 12.4. The first-order valence-electron chi connectivity index (χ1n) is 9.52. The van der Waals surface area contributed by atoms with Gasteiger partial charge in [0.15, 0.2) is 16.6 Å². The van der Waals surface area contributed by atoms with Crippen molar-refractivity contribution in [3.63, 3.8) is 0 Å². The van der Waals surface area contributed by atoms with Crippen molar-refractivity contribution in [2.75, 3.05) is 27.3 Å². The molecule has 0 aliphatic carbocycles. The largest absolute Gasteiger partial charge is 0.493 e. The van der Waals surface area contributed by atoms with Gasteiger partial charge < -0.3 is 18.9 Å².